The van der Waals surface area contributed by atoms with Gasteiger partial charge in [-0.1, -0.05) is 15.9 Å². The summed E-state index contributed by atoms with van der Waals surface area (Å²) in [5.74, 6) is 0.851. The molecule has 0 spiro atoms. The van der Waals surface area contributed by atoms with Crippen LogP contribution in [0.1, 0.15) is 30.4 Å². The Labute approximate surface area is 224 Å². The van der Waals surface area contributed by atoms with Crippen molar-refractivity contribution in [2.24, 2.45) is 0 Å². The molecule has 3 aromatic rings. The summed E-state index contributed by atoms with van der Waals surface area (Å²) in [4.78, 5) is 36.3. The van der Waals surface area contributed by atoms with Crippen molar-refractivity contribution < 1.29 is 28.6 Å². The van der Waals surface area contributed by atoms with Crippen LogP contribution in [0.25, 0.3) is 0 Å². The van der Waals surface area contributed by atoms with E-state index in [4.69, 9.17) is 14.2 Å². The van der Waals surface area contributed by atoms with Gasteiger partial charge in [0.25, 0.3) is 5.91 Å². The predicted octanol–water partition coefficient (Wildman–Crippen LogP) is 6.16. The molecule has 0 heterocycles. The second-order valence-corrected chi connectivity index (χ2v) is 9.18. The third-order valence-electron chi connectivity index (χ3n) is 5.36. The van der Waals surface area contributed by atoms with Gasteiger partial charge in [-0.05, 0) is 92.1 Å². The van der Waals surface area contributed by atoms with Gasteiger partial charge >= 0.3 is 5.97 Å². The highest BCUT2D eigenvalue weighted by atomic mass is 79.9. The normalized spacial score (nSPS) is 10.4. The first-order chi connectivity index (χ1) is 17.7. The summed E-state index contributed by atoms with van der Waals surface area (Å²) in [6.07, 6.45) is 0.477. The first kappa shape index (κ1) is 27.7. The maximum atomic E-state index is 12.2. The Morgan fingerprint density at radius 3 is 2.05 bits per heavy atom. The largest absolute Gasteiger partial charge is 0.497 e. The molecule has 9 heteroatoms. The van der Waals surface area contributed by atoms with Crippen LogP contribution in [0.3, 0.4) is 0 Å². The fourth-order valence-corrected chi connectivity index (χ4v) is 3.78. The van der Waals surface area contributed by atoms with Gasteiger partial charge in [0.15, 0.2) is 6.61 Å². The molecule has 0 saturated heterocycles. The van der Waals surface area contributed by atoms with Crippen molar-refractivity contribution in [3.05, 3.63) is 76.3 Å². The number of ether oxygens (including phenoxy) is 3. The molecule has 0 bridgehead atoms. The Morgan fingerprint density at radius 1 is 0.784 bits per heavy atom. The summed E-state index contributed by atoms with van der Waals surface area (Å²) in [5, 5.41) is 5.52. The molecular weight excluding hydrogens is 540 g/mol. The summed E-state index contributed by atoms with van der Waals surface area (Å²) in [7, 11) is 1.60. The smallest absolute Gasteiger partial charge is 0.306 e. The Kier molecular flexibility index (Phi) is 10.1. The highest BCUT2D eigenvalue weighted by Crippen LogP contribution is 2.26. The molecule has 0 aliphatic rings. The number of aryl methyl sites for hydroxylation is 2. The van der Waals surface area contributed by atoms with Crippen LogP contribution in [-0.4, -0.2) is 31.5 Å². The van der Waals surface area contributed by atoms with Crippen LogP contribution < -0.4 is 20.1 Å². The lowest BCUT2D eigenvalue weighted by molar-refractivity contribution is -0.147. The topological polar surface area (TPSA) is 103 Å². The van der Waals surface area contributed by atoms with Crippen LogP contribution in [0, 0.1) is 13.8 Å². The average Bonchev–Trinajstić information content (AvgIpc) is 2.87. The van der Waals surface area contributed by atoms with Gasteiger partial charge in [0.1, 0.15) is 17.2 Å². The lowest BCUT2D eigenvalue weighted by Gasteiger charge is -2.11. The molecule has 8 nitrogen and oxygen atoms in total. The maximum absolute atomic E-state index is 12.2. The molecule has 0 radical (unpaired) electrons. The Hall–Kier alpha value is -3.85. The number of nitrogens with one attached hydrogen (secondary N) is 2. The van der Waals surface area contributed by atoms with Crippen LogP contribution in [0.15, 0.2) is 65.1 Å². The molecule has 0 unspecified atom stereocenters. The van der Waals surface area contributed by atoms with Crippen LogP contribution in [0.2, 0.25) is 0 Å². The Morgan fingerprint density at radius 2 is 1.41 bits per heavy atom. The van der Waals surface area contributed by atoms with E-state index in [2.05, 4.69) is 26.6 Å². The van der Waals surface area contributed by atoms with E-state index in [0.29, 0.717) is 29.3 Å². The number of carbonyl (C=O) groups excluding carboxylic acids is 3. The molecule has 194 valence electrons. The summed E-state index contributed by atoms with van der Waals surface area (Å²) < 4.78 is 16.9. The van der Waals surface area contributed by atoms with Crippen molar-refractivity contribution in [1.29, 1.82) is 0 Å². The first-order valence-corrected chi connectivity index (χ1v) is 12.5. The Balaban J connectivity index is 1.34. The summed E-state index contributed by atoms with van der Waals surface area (Å²) >= 11 is 3.45. The molecule has 3 aromatic carbocycles. The SMILES string of the molecule is COc1ccc(Oc2ccc(NC(=O)CCCC(=O)OCC(=O)Nc3cc(C)c(Br)cc3C)cc2)cc1. The fourth-order valence-electron chi connectivity index (χ4n) is 3.32. The summed E-state index contributed by atoms with van der Waals surface area (Å²) in [5.41, 5.74) is 3.15. The number of benzene rings is 3. The third kappa shape index (κ3) is 8.95. The minimum atomic E-state index is -0.535. The van der Waals surface area contributed by atoms with Gasteiger partial charge in [0, 0.05) is 28.7 Å². The molecule has 2 amide bonds. The number of hydrogen-bond donors (Lipinski definition) is 2. The molecule has 0 saturated carbocycles. The van der Waals surface area contributed by atoms with E-state index in [1.54, 1.807) is 55.6 Å². The quantitative estimate of drug-likeness (QED) is 0.268. The number of hydrogen-bond acceptors (Lipinski definition) is 6. The molecule has 0 aliphatic heterocycles. The van der Waals surface area contributed by atoms with Crippen LogP contribution in [-0.2, 0) is 19.1 Å². The molecule has 0 aromatic heterocycles. The van der Waals surface area contributed by atoms with E-state index in [9.17, 15) is 14.4 Å². The van der Waals surface area contributed by atoms with E-state index in [1.165, 1.54) is 0 Å². The number of carbonyl (C=O) groups is 3. The van der Waals surface area contributed by atoms with Gasteiger partial charge in [-0.3, -0.25) is 14.4 Å². The third-order valence-corrected chi connectivity index (χ3v) is 6.22. The standard InChI is InChI=1S/C28H29BrN2O6/c1-18-16-25(19(2)15-24(18)29)31-27(33)17-36-28(34)6-4-5-26(32)30-20-7-9-22(10-8-20)37-23-13-11-21(35-3)12-14-23/h7-16H,4-6,17H2,1-3H3,(H,30,32)(H,31,33). The van der Waals surface area contributed by atoms with Crippen molar-refractivity contribution >= 4 is 45.1 Å². The molecule has 0 fully saturated rings. The van der Waals surface area contributed by atoms with Gasteiger partial charge in [-0.15, -0.1) is 0 Å². The molecule has 0 aliphatic carbocycles. The minimum Gasteiger partial charge on any atom is -0.497 e. The first-order valence-electron chi connectivity index (χ1n) is 11.7. The van der Waals surface area contributed by atoms with E-state index in [1.807, 2.05) is 26.0 Å². The van der Waals surface area contributed by atoms with Crippen molar-refractivity contribution in [3.63, 3.8) is 0 Å². The number of anilines is 2. The zero-order chi connectivity index (χ0) is 26.8. The number of amides is 2. The molecule has 37 heavy (non-hydrogen) atoms. The fraction of sp³-hybridized carbons (Fsp3) is 0.250. The zero-order valence-corrected chi connectivity index (χ0v) is 22.5. The van der Waals surface area contributed by atoms with Crippen LogP contribution in [0.5, 0.6) is 17.2 Å². The lowest BCUT2D eigenvalue weighted by Crippen LogP contribution is -2.21. The van der Waals surface area contributed by atoms with Gasteiger partial charge in [0.2, 0.25) is 5.91 Å². The molecule has 3 rings (SSSR count). The van der Waals surface area contributed by atoms with Gasteiger partial charge < -0.3 is 24.8 Å². The average molecular weight is 569 g/mol. The van der Waals surface area contributed by atoms with Crippen molar-refractivity contribution in [2.45, 2.75) is 33.1 Å². The maximum Gasteiger partial charge on any atom is 0.306 e. The monoisotopic (exact) mass is 568 g/mol. The Bertz CT molecular complexity index is 1240. The van der Waals surface area contributed by atoms with Crippen LogP contribution >= 0.6 is 15.9 Å². The zero-order valence-electron chi connectivity index (χ0n) is 20.9. The lowest BCUT2D eigenvalue weighted by atomic mass is 10.1. The van der Waals surface area contributed by atoms with Gasteiger partial charge in [-0.25, -0.2) is 0 Å². The summed E-state index contributed by atoms with van der Waals surface area (Å²) in [6, 6.07) is 17.9. The number of rotatable bonds is 11. The van der Waals surface area contributed by atoms with E-state index >= 15 is 0 Å². The van der Waals surface area contributed by atoms with Crippen molar-refractivity contribution in [2.75, 3.05) is 24.4 Å². The second kappa shape index (κ2) is 13.5. The second-order valence-electron chi connectivity index (χ2n) is 8.33. The molecular formula is C28H29BrN2O6. The molecule has 0 atom stereocenters. The van der Waals surface area contributed by atoms with Gasteiger partial charge in [-0.2, -0.15) is 0 Å². The van der Waals surface area contributed by atoms with Crippen molar-refractivity contribution in [1.82, 2.24) is 0 Å². The number of halogens is 1. The van der Waals surface area contributed by atoms with Crippen LogP contribution in [0.4, 0.5) is 11.4 Å². The minimum absolute atomic E-state index is 0.0335. The van der Waals surface area contributed by atoms with Crippen molar-refractivity contribution in [3.8, 4) is 17.2 Å². The highest BCUT2D eigenvalue weighted by molar-refractivity contribution is 9.10. The van der Waals surface area contributed by atoms with Gasteiger partial charge in [0.05, 0.1) is 7.11 Å². The molecule has 2 N–H and O–H groups in total. The number of esters is 1. The van der Waals surface area contributed by atoms with E-state index < -0.39 is 11.9 Å². The van der Waals surface area contributed by atoms with E-state index in [-0.39, 0.29) is 25.4 Å². The van der Waals surface area contributed by atoms with E-state index in [0.717, 1.165) is 21.3 Å². The number of methoxy groups -OCH3 is 1. The highest BCUT2D eigenvalue weighted by Gasteiger charge is 2.11. The summed E-state index contributed by atoms with van der Waals surface area (Å²) in [6.45, 7) is 3.41. The predicted molar refractivity (Wildman–Crippen MR) is 145 cm³/mol.